The fourth-order valence-electron chi connectivity index (χ4n) is 3.51. The molecule has 4 heteroatoms. The molecule has 0 amide bonds. The Hall–Kier alpha value is -0.800. The zero-order valence-corrected chi connectivity index (χ0v) is 11.0. The fraction of sp³-hybridized carbons (Fsp3) is 0.571. The first-order valence-corrected chi connectivity index (χ1v) is 7.02. The van der Waals surface area contributed by atoms with Crippen molar-refractivity contribution in [2.75, 3.05) is 4.90 Å². The molecule has 1 aromatic rings. The average Bonchev–Trinajstić information content (AvgIpc) is 2.32. The molecule has 2 N–H and O–H groups in total. The van der Waals surface area contributed by atoms with E-state index in [1.54, 1.807) is 6.07 Å². The van der Waals surface area contributed by atoms with Gasteiger partial charge < -0.3 is 10.6 Å². The van der Waals surface area contributed by atoms with Crippen LogP contribution in [0.3, 0.4) is 0 Å². The molecule has 0 radical (unpaired) electrons. The molecule has 0 aromatic heterocycles. The molecular formula is C14H18ClFN2. The molecular weight excluding hydrogens is 251 g/mol. The maximum absolute atomic E-state index is 14.2. The largest absolute Gasteiger partial charge is 0.363 e. The van der Waals surface area contributed by atoms with Crippen molar-refractivity contribution in [1.82, 2.24) is 0 Å². The summed E-state index contributed by atoms with van der Waals surface area (Å²) in [5, 5.41) is 0.209. The van der Waals surface area contributed by atoms with Crippen molar-refractivity contribution >= 4 is 17.3 Å². The number of fused-ring (bicyclic) bond motifs is 2. The quantitative estimate of drug-likeness (QED) is 0.847. The normalized spacial score (nSPS) is 31.5. The average molecular weight is 269 g/mol. The van der Waals surface area contributed by atoms with Crippen molar-refractivity contribution in [3.8, 4) is 0 Å². The van der Waals surface area contributed by atoms with E-state index in [0.29, 0.717) is 17.8 Å². The minimum absolute atomic E-state index is 0.209. The van der Waals surface area contributed by atoms with Crippen LogP contribution in [0.25, 0.3) is 0 Å². The summed E-state index contributed by atoms with van der Waals surface area (Å²) in [6.45, 7) is 0. The number of rotatable bonds is 1. The van der Waals surface area contributed by atoms with E-state index in [2.05, 4.69) is 4.90 Å². The van der Waals surface area contributed by atoms with Gasteiger partial charge >= 0.3 is 0 Å². The van der Waals surface area contributed by atoms with Crippen molar-refractivity contribution in [1.29, 1.82) is 0 Å². The number of anilines is 1. The first-order valence-electron chi connectivity index (χ1n) is 6.64. The van der Waals surface area contributed by atoms with Crippen LogP contribution in [0.2, 0.25) is 5.02 Å². The third kappa shape index (κ3) is 1.99. The van der Waals surface area contributed by atoms with Crippen molar-refractivity contribution in [2.24, 2.45) is 5.73 Å². The summed E-state index contributed by atoms with van der Waals surface area (Å²) in [7, 11) is 0. The van der Waals surface area contributed by atoms with Crippen molar-refractivity contribution in [2.45, 2.75) is 50.2 Å². The lowest BCUT2D eigenvalue weighted by Crippen LogP contribution is -2.55. The molecule has 2 saturated heterocycles. The Bertz CT molecular complexity index is 437. The highest BCUT2D eigenvalue weighted by molar-refractivity contribution is 6.31. The molecule has 2 aliphatic rings. The zero-order chi connectivity index (χ0) is 12.7. The number of nitrogens with zero attached hydrogens (tertiary/aromatic N) is 1. The highest BCUT2D eigenvalue weighted by Crippen LogP contribution is 2.39. The van der Waals surface area contributed by atoms with E-state index in [0.717, 1.165) is 25.7 Å². The summed E-state index contributed by atoms with van der Waals surface area (Å²) in [6.07, 6.45) is 5.36. The Morgan fingerprint density at radius 2 is 1.89 bits per heavy atom. The first kappa shape index (κ1) is 12.2. The second kappa shape index (κ2) is 4.71. The van der Waals surface area contributed by atoms with Gasteiger partial charge in [-0.25, -0.2) is 4.39 Å². The van der Waals surface area contributed by atoms with Crippen LogP contribution in [0, 0.1) is 5.82 Å². The van der Waals surface area contributed by atoms with E-state index in [-0.39, 0.29) is 16.9 Å². The molecule has 0 saturated carbocycles. The molecule has 2 bridgehead atoms. The smallest absolute Gasteiger partial charge is 0.165 e. The van der Waals surface area contributed by atoms with E-state index in [4.69, 9.17) is 17.3 Å². The van der Waals surface area contributed by atoms with Gasteiger partial charge in [0.2, 0.25) is 0 Å². The number of nitrogens with two attached hydrogens (primary N) is 1. The predicted octanol–water partition coefficient (Wildman–Crippen LogP) is 3.33. The number of hydrogen-bond acceptors (Lipinski definition) is 2. The molecule has 2 unspecified atom stereocenters. The lowest BCUT2D eigenvalue weighted by molar-refractivity contribution is 0.269. The number of hydrogen-bond donors (Lipinski definition) is 1. The van der Waals surface area contributed by atoms with Crippen molar-refractivity contribution < 1.29 is 4.39 Å². The molecule has 98 valence electrons. The van der Waals surface area contributed by atoms with Crippen LogP contribution < -0.4 is 10.6 Å². The lowest BCUT2D eigenvalue weighted by atomic mass is 9.81. The molecule has 1 aromatic carbocycles. The van der Waals surface area contributed by atoms with E-state index < -0.39 is 0 Å². The maximum Gasteiger partial charge on any atom is 0.165 e. The third-order valence-corrected chi connectivity index (χ3v) is 4.51. The minimum Gasteiger partial charge on any atom is -0.363 e. The van der Waals surface area contributed by atoms with Gasteiger partial charge in [-0.2, -0.15) is 0 Å². The molecule has 18 heavy (non-hydrogen) atoms. The van der Waals surface area contributed by atoms with Gasteiger partial charge in [0.05, 0.1) is 10.7 Å². The monoisotopic (exact) mass is 268 g/mol. The zero-order valence-electron chi connectivity index (χ0n) is 10.3. The Morgan fingerprint density at radius 3 is 2.56 bits per heavy atom. The topological polar surface area (TPSA) is 29.3 Å². The Kier molecular flexibility index (Phi) is 3.20. The molecule has 0 aliphatic carbocycles. The Morgan fingerprint density at radius 1 is 1.22 bits per heavy atom. The van der Waals surface area contributed by atoms with Gasteiger partial charge in [-0.1, -0.05) is 17.7 Å². The third-order valence-electron chi connectivity index (χ3n) is 4.22. The van der Waals surface area contributed by atoms with Crippen LogP contribution in [-0.2, 0) is 0 Å². The van der Waals surface area contributed by atoms with Crippen LogP contribution in [0.5, 0.6) is 0 Å². The summed E-state index contributed by atoms with van der Waals surface area (Å²) in [6, 6.07) is 6.28. The summed E-state index contributed by atoms with van der Waals surface area (Å²) in [5.41, 5.74) is 6.74. The second-order valence-electron chi connectivity index (χ2n) is 5.45. The van der Waals surface area contributed by atoms with Gasteiger partial charge in [-0.05, 0) is 44.2 Å². The predicted molar refractivity (Wildman–Crippen MR) is 72.5 cm³/mol. The number of piperidine rings is 2. The molecule has 0 spiro atoms. The van der Waals surface area contributed by atoms with Crippen molar-refractivity contribution in [3.63, 3.8) is 0 Å². The van der Waals surface area contributed by atoms with Crippen LogP contribution in [0.4, 0.5) is 10.1 Å². The SMILES string of the molecule is NC1CC2CCCC(C1)N2c1cccc(Cl)c1F. The number of benzene rings is 1. The highest BCUT2D eigenvalue weighted by Gasteiger charge is 2.38. The maximum atomic E-state index is 14.2. The minimum atomic E-state index is -0.286. The Balaban J connectivity index is 1.98. The summed E-state index contributed by atoms with van der Waals surface area (Å²) in [4.78, 5) is 2.23. The highest BCUT2D eigenvalue weighted by atomic mass is 35.5. The molecule has 2 heterocycles. The van der Waals surface area contributed by atoms with Crippen LogP contribution in [0.15, 0.2) is 18.2 Å². The van der Waals surface area contributed by atoms with Crippen molar-refractivity contribution in [3.05, 3.63) is 29.0 Å². The Labute approximate surface area is 112 Å². The molecule has 2 fully saturated rings. The lowest BCUT2D eigenvalue weighted by Gasteiger charge is -2.49. The van der Waals surface area contributed by atoms with Crippen LogP contribution in [0.1, 0.15) is 32.1 Å². The summed E-state index contributed by atoms with van der Waals surface area (Å²) < 4.78 is 14.2. The standard InChI is InChI=1S/C14H18ClFN2/c15-12-5-2-6-13(14(12)16)18-10-3-1-4-11(18)8-9(17)7-10/h2,5-6,9-11H,1,3-4,7-8,17H2. The molecule has 2 atom stereocenters. The van der Waals surface area contributed by atoms with Gasteiger partial charge in [-0.15, -0.1) is 0 Å². The molecule has 2 nitrogen and oxygen atoms in total. The van der Waals surface area contributed by atoms with Gasteiger partial charge in [-0.3, -0.25) is 0 Å². The van der Waals surface area contributed by atoms with E-state index in [1.165, 1.54) is 6.42 Å². The molecule has 3 rings (SSSR count). The van der Waals surface area contributed by atoms with Crippen LogP contribution >= 0.6 is 11.6 Å². The van der Waals surface area contributed by atoms with Gasteiger partial charge in [0.25, 0.3) is 0 Å². The van der Waals surface area contributed by atoms with Crippen LogP contribution in [-0.4, -0.2) is 18.1 Å². The molecule has 2 aliphatic heterocycles. The van der Waals surface area contributed by atoms with E-state index in [9.17, 15) is 4.39 Å². The first-order chi connectivity index (χ1) is 8.66. The van der Waals surface area contributed by atoms with Gasteiger partial charge in [0, 0.05) is 18.1 Å². The van der Waals surface area contributed by atoms with Gasteiger partial charge in [0.15, 0.2) is 5.82 Å². The van der Waals surface area contributed by atoms with E-state index in [1.807, 2.05) is 12.1 Å². The van der Waals surface area contributed by atoms with E-state index >= 15 is 0 Å². The second-order valence-corrected chi connectivity index (χ2v) is 5.86. The fourth-order valence-corrected chi connectivity index (χ4v) is 3.68. The summed E-state index contributed by atoms with van der Waals surface area (Å²) in [5.74, 6) is -0.286. The summed E-state index contributed by atoms with van der Waals surface area (Å²) >= 11 is 5.89. The van der Waals surface area contributed by atoms with Gasteiger partial charge in [0.1, 0.15) is 0 Å². The number of halogens is 2.